The molecule has 2 nitrogen and oxygen atoms in total. The third-order valence-electron chi connectivity index (χ3n) is 2.38. The van der Waals surface area contributed by atoms with Crippen molar-refractivity contribution < 1.29 is 9.90 Å². The average Bonchev–Trinajstić information content (AvgIpc) is 2.14. The van der Waals surface area contributed by atoms with Crippen LogP contribution in [0.1, 0.15) is 41.0 Å². The highest BCUT2D eigenvalue weighted by Gasteiger charge is 2.18. The third-order valence-corrected chi connectivity index (χ3v) is 2.38. The molecule has 0 aliphatic rings. The molecule has 0 heterocycles. The molecule has 0 saturated carbocycles. The van der Waals surface area contributed by atoms with Crippen LogP contribution in [-0.2, 0) is 4.79 Å². The zero-order valence-electron chi connectivity index (χ0n) is 10.4. The molecule has 0 fully saturated rings. The Morgan fingerprint density at radius 2 is 1.87 bits per heavy atom. The van der Waals surface area contributed by atoms with Crippen LogP contribution in [0.15, 0.2) is 23.3 Å². The van der Waals surface area contributed by atoms with E-state index in [0.717, 1.165) is 5.57 Å². The monoisotopic (exact) mass is 210 g/mol. The van der Waals surface area contributed by atoms with E-state index in [4.69, 9.17) is 0 Å². The molecule has 86 valence electrons. The molecule has 0 amide bonds. The van der Waals surface area contributed by atoms with Crippen molar-refractivity contribution in [1.82, 2.24) is 0 Å². The van der Waals surface area contributed by atoms with Gasteiger partial charge >= 0.3 is 0 Å². The van der Waals surface area contributed by atoms with Gasteiger partial charge in [0.15, 0.2) is 5.78 Å². The van der Waals surface area contributed by atoms with Crippen LogP contribution in [-0.4, -0.2) is 17.0 Å². The van der Waals surface area contributed by atoms with Gasteiger partial charge in [-0.25, -0.2) is 0 Å². The summed E-state index contributed by atoms with van der Waals surface area (Å²) in [5, 5.41) is 9.67. The Bertz CT molecular complexity index is 272. The van der Waals surface area contributed by atoms with Crippen LogP contribution in [0.2, 0.25) is 0 Å². The molecular weight excluding hydrogens is 188 g/mol. The normalized spacial score (nSPS) is 15.7. The first-order valence-corrected chi connectivity index (χ1v) is 5.42. The molecule has 0 aromatic carbocycles. The molecule has 1 N–H and O–H groups in total. The number of ketones is 1. The summed E-state index contributed by atoms with van der Waals surface area (Å²) >= 11 is 0. The molecule has 2 heteroatoms. The van der Waals surface area contributed by atoms with Gasteiger partial charge in [0.2, 0.25) is 0 Å². The summed E-state index contributed by atoms with van der Waals surface area (Å²) in [6, 6.07) is 0. The lowest BCUT2D eigenvalue weighted by Crippen LogP contribution is -2.23. The summed E-state index contributed by atoms with van der Waals surface area (Å²) in [5.74, 6) is 0.179. The Hall–Kier alpha value is -0.890. The number of rotatable bonds is 5. The smallest absolute Gasteiger partial charge is 0.187 e. The molecule has 0 aromatic heterocycles. The van der Waals surface area contributed by atoms with Gasteiger partial charge in [-0.2, -0.15) is 0 Å². The summed E-state index contributed by atoms with van der Waals surface area (Å²) in [5.41, 5.74) is 1.58. The van der Waals surface area contributed by atoms with E-state index in [1.165, 1.54) is 0 Å². The van der Waals surface area contributed by atoms with Crippen LogP contribution < -0.4 is 0 Å². The maximum Gasteiger partial charge on any atom is 0.187 e. The van der Waals surface area contributed by atoms with Crippen LogP contribution >= 0.6 is 0 Å². The topological polar surface area (TPSA) is 37.3 Å². The Morgan fingerprint density at radius 3 is 2.27 bits per heavy atom. The van der Waals surface area contributed by atoms with Crippen LogP contribution in [0.25, 0.3) is 0 Å². The molecule has 0 radical (unpaired) electrons. The van der Waals surface area contributed by atoms with Crippen molar-refractivity contribution >= 4 is 5.78 Å². The fraction of sp³-hybridized carbons (Fsp3) is 0.615. The largest absolute Gasteiger partial charge is 0.385 e. The SMILES string of the molecule is C/C=C/C(C)=C(\C)C(=O)C(O)CC(C)C. The summed E-state index contributed by atoms with van der Waals surface area (Å²) in [4.78, 5) is 11.8. The number of aliphatic hydroxyl groups excluding tert-OH is 1. The number of hydrogen-bond acceptors (Lipinski definition) is 2. The first kappa shape index (κ1) is 14.1. The molecule has 0 aliphatic carbocycles. The molecular formula is C13H22O2. The van der Waals surface area contributed by atoms with Gasteiger partial charge in [0.1, 0.15) is 6.10 Å². The number of Topliss-reactive ketones (excluding diaryl/α,β-unsaturated/α-hetero) is 1. The van der Waals surface area contributed by atoms with Gasteiger partial charge < -0.3 is 5.11 Å². The minimum atomic E-state index is -0.856. The zero-order valence-corrected chi connectivity index (χ0v) is 10.4. The van der Waals surface area contributed by atoms with E-state index in [2.05, 4.69) is 0 Å². The summed E-state index contributed by atoms with van der Waals surface area (Å²) < 4.78 is 0. The first-order valence-electron chi connectivity index (χ1n) is 5.42. The van der Waals surface area contributed by atoms with Crippen molar-refractivity contribution in [2.75, 3.05) is 0 Å². The Labute approximate surface area is 92.7 Å². The Morgan fingerprint density at radius 1 is 1.33 bits per heavy atom. The maximum atomic E-state index is 11.8. The number of carbonyl (C=O) groups is 1. The minimum Gasteiger partial charge on any atom is -0.385 e. The molecule has 0 aromatic rings. The average molecular weight is 210 g/mol. The Kier molecular flexibility index (Phi) is 6.18. The van der Waals surface area contributed by atoms with E-state index in [9.17, 15) is 9.90 Å². The van der Waals surface area contributed by atoms with Gasteiger partial charge in [-0.3, -0.25) is 4.79 Å². The molecule has 15 heavy (non-hydrogen) atoms. The fourth-order valence-electron chi connectivity index (χ4n) is 1.37. The van der Waals surface area contributed by atoms with E-state index in [0.29, 0.717) is 17.9 Å². The van der Waals surface area contributed by atoms with Crippen molar-refractivity contribution in [2.24, 2.45) is 5.92 Å². The van der Waals surface area contributed by atoms with Crippen LogP contribution in [0, 0.1) is 5.92 Å². The lowest BCUT2D eigenvalue weighted by Gasteiger charge is -2.13. The second kappa shape index (κ2) is 6.57. The molecule has 1 atom stereocenters. The van der Waals surface area contributed by atoms with E-state index in [-0.39, 0.29) is 5.78 Å². The van der Waals surface area contributed by atoms with Crippen molar-refractivity contribution in [3.05, 3.63) is 23.3 Å². The number of hydrogen-bond donors (Lipinski definition) is 1. The number of allylic oxidation sites excluding steroid dienone is 3. The molecule has 0 rings (SSSR count). The highest BCUT2D eigenvalue weighted by Crippen LogP contribution is 2.13. The van der Waals surface area contributed by atoms with Crippen molar-refractivity contribution in [3.63, 3.8) is 0 Å². The van der Waals surface area contributed by atoms with Crippen molar-refractivity contribution in [1.29, 1.82) is 0 Å². The molecule has 0 bridgehead atoms. The van der Waals surface area contributed by atoms with Gasteiger partial charge in [0.25, 0.3) is 0 Å². The van der Waals surface area contributed by atoms with E-state index >= 15 is 0 Å². The maximum absolute atomic E-state index is 11.8. The highest BCUT2D eigenvalue weighted by molar-refractivity contribution is 5.99. The van der Waals surface area contributed by atoms with Crippen molar-refractivity contribution in [3.8, 4) is 0 Å². The standard InChI is InChI=1S/C13H22O2/c1-6-7-10(4)11(5)13(15)12(14)8-9(2)3/h6-7,9,12,14H,8H2,1-5H3/b7-6+,11-10+. The zero-order chi connectivity index (χ0) is 12.0. The lowest BCUT2D eigenvalue weighted by molar-refractivity contribution is -0.124. The number of aliphatic hydroxyl groups is 1. The third kappa shape index (κ3) is 4.93. The first-order chi connectivity index (χ1) is 6.90. The Balaban J connectivity index is 4.63. The quantitative estimate of drug-likeness (QED) is 0.559. The second-order valence-electron chi connectivity index (χ2n) is 4.32. The van der Waals surface area contributed by atoms with E-state index in [1.807, 2.05) is 39.8 Å². The molecule has 0 saturated heterocycles. The van der Waals surface area contributed by atoms with Crippen molar-refractivity contribution in [2.45, 2.75) is 47.1 Å². The van der Waals surface area contributed by atoms with Gasteiger partial charge in [-0.15, -0.1) is 0 Å². The number of carbonyl (C=O) groups excluding carboxylic acids is 1. The second-order valence-corrected chi connectivity index (χ2v) is 4.32. The fourth-order valence-corrected chi connectivity index (χ4v) is 1.37. The summed E-state index contributed by atoms with van der Waals surface area (Å²) in [6.45, 7) is 9.55. The predicted octanol–water partition coefficient (Wildman–Crippen LogP) is 2.88. The molecule has 0 aliphatic heterocycles. The predicted molar refractivity (Wildman–Crippen MR) is 63.7 cm³/mol. The van der Waals surface area contributed by atoms with E-state index in [1.54, 1.807) is 6.92 Å². The van der Waals surface area contributed by atoms with Crippen LogP contribution in [0.4, 0.5) is 0 Å². The van der Waals surface area contributed by atoms with Crippen LogP contribution in [0.5, 0.6) is 0 Å². The van der Waals surface area contributed by atoms with Crippen LogP contribution in [0.3, 0.4) is 0 Å². The van der Waals surface area contributed by atoms with Gasteiger partial charge in [0.05, 0.1) is 0 Å². The van der Waals surface area contributed by atoms with Gasteiger partial charge in [-0.1, -0.05) is 26.0 Å². The molecule has 1 unspecified atom stereocenters. The lowest BCUT2D eigenvalue weighted by atomic mass is 9.96. The van der Waals surface area contributed by atoms with Gasteiger partial charge in [-0.05, 0) is 44.3 Å². The summed E-state index contributed by atoms with van der Waals surface area (Å²) in [7, 11) is 0. The minimum absolute atomic E-state index is 0.153. The van der Waals surface area contributed by atoms with E-state index < -0.39 is 6.10 Å². The molecule has 0 spiro atoms. The highest BCUT2D eigenvalue weighted by atomic mass is 16.3. The van der Waals surface area contributed by atoms with Gasteiger partial charge in [0, 0.05) is 0 Å². The summed E-state index contributed by atoms with van der Waals surface area (Å²) in [6.07, 6.45) is 3.44.